The van der Waals surface area contributed by atoms with E-state index in [0.29, 0.717) is 30.4 Å². The van der Waals surface area contributed by atoms with E-state index in [1.54, 1.807) is 18.2 Å². The molecule has 1 N–H and O–H groups in total. The van der Waals surface area contributed by atoms with Gasteiger partial charge in [0.05, 0.1) is 29.1 Å². The molecule has 2 aliphatic rings. The molecule has 5 heterocycles. The normalized spacial score (nSPS) is 21.2. The minimum Gasteiger partial charge on any atom is -0.495 e. The number of rotatable bonds is 5. The van der Waals surface area contributed by atoms with Crippen molar-refractivity contribution < 1.29 is 14.6 Å². The molecule has 3 aromatic heterocycles. The number of nitrogens with zero attached hydrogens (tertiary/aromatic N) is 6. The van der Waals surface area contributed by atoms with Gasteiger partial charge in [-0.25, -0.2) is 14.3 Å². The summed E-state index contributed by atoms with van der Waals surface area (Å²) < 4.78 is 7.32. The van der Waals surface area contributed by atoms with E-state index in [1.807, 2.05) is 53.3 Å². The summed E-state index contributed by atoms with van der Waals surface area (Å²) in [5, 5.41) is 15.4. The van der Waals surface area contributed by atoms with Gasteiger partial charge in [-0.15, -0.1) is 0 Å². The predicted octanol–water partition coefficient (Wildman–Crippen LogP) is 5.47. The summed E-state index contributed by atoms with van der Waals surface area (Å²) in [4.78, 5) is 25.1. The third-order valence-electron chi connectivity index (χ3n) is 8.45. The van der Waals surface area contributed by atoms with Crippen LogP contribution in [0, 0.1) is 5.41 Å². The number of carbonyl (C=O) groups is 1. The molecule has 0 aliphatic carbocycles. The topological polar surface area (TPSA) is 96.1 Å². The second-order valence-electron chi connectivity index (χ2n) is 11.4. The fraction of sp³-hybridized carbons (Fsp3) is 0.379. The van der Waals surface area contributed by atoms with E-state index in [4.69, 9.17) is 21.4 Å². The first-order valence-corrected chi connectivity index (χ1v) is 13.4. The van der Waals surface area contributed by atoms with Gasteiger partial charge in [0, 0.05) is 61.5 Å². The monoisotopic (exact) mass is 546 g/mol. The Labute approximate surface area is 232 Å². The first kappa shape index (κ1) is 25.6. The Morgan fingerprint density at radius 1 is 1.18 bits per heavy atom. The van der Waals surface area contributed by atoms with E-state index in [9.17, 15) is 9.90 Å². The number of hydrogen-bond donors (Lipinski definition) is 1. The molecule has 4 aromatic rings. The van der Waals surface area contributed by atoms with Gasteiger partial charge in [-0.1, -0.05) is 38.4 Å². The van der Waals surface area contributed by atoms with Crippen molar-refractivity contribution in [2.45, 2.75) is 45.3 Å². The summed E-state index contributed by atoms with van der Waals surface area (Å²) >= 11 is 6.26. The number of ether oxygens (including phenoxy) is 1. The van der Waals surface area contributed by atoms with Crippen LogP contribution in [0.15, 0.2) is 55.0 Å². The molecule has 2 bridgehead atoms. The number of methoxy groups -OCH3 is 1. The molecule has 39 heavy (non-hydrogen) atoms. The number of benzene rings is 1. The lowest BCUT2D eigenvalue weighted by Crippen LogP contribution is -2.61. The number of likely N-dealkylation sites (tertiary alicyclic amines) is 2. The maximum absolute atomic E-state index is 12.1. The van der Waals surface area contributed by atoms with Crippen LogP contribution in [0.2, 0.25) is 5.02 Å². The van der Waals surface area contributed by atoms with Crippen LogP contribution >= 0.6 is 11.6 Å². The number of fused-ring (bicyclic) bond motifs is 3. The molecule has 1 aromatic carbocycles. The van der Waals surface area contributed by atoms with Crippen molar-refractivity contribution in [3.05, 3.63) is 65.7 Å². The standard InChI is InChI=1S/C29H31ClN6O3/c1-28(2,3)29-13-20(16-35(29)27(37)38)34(17-29)15-19-7-10-32-26-12-24(33-36(19)26)21-8-9-31-14-22(21)18-5-6-23(30)25(11-18)39-4/h5-12,14,20H,13,15-17H2,1-4H3,(H,37,38)/t20-,29+/m0/s1. The Hall–Kier alpha value is -3.69. The van der Waals surface area contributed by atoms with Crippen molar-refractivity contribution in [1.29, 1.82) is 0 Å². The number of carboxylic acid groups (broad SMARTS) is 1. The van der Waals surface area contributed by atoms with Crippen molar-refractivity contribution >= 4 is 23.3 Å². The van der Waals surface area contributed by atoms with Crippen molar-refractivity contribution in [2.75, 3.05) is 20.2 Å². The van der Waals surface area contributed by atoms with Gasteiger partial charge in [-0.05, 0) is 41.7 Å². The fourth-order valence-electron chi connectivity index (χ4n) is 6.28. The number of halogens is 1. The van der Waals surface area contributed by atoms with Crippen molar-refractivity contribution in [1.82, 2.24) is 29.4 Å². The number of piperazine rings is 1. The zero-order valence-corrected chi connectivity index (χ0v) is 23.2. The molecule has 2 saturated heterocycles. The molecule has 6 rings (SSSR count). The zero-order chi connectivity index (χ0) is 27.5. The van der Waals surface area contributed by atoms with Crippen LogP contribution < -0.4 is 4.74 Å². The lowest BCUT2D eigenvalue weighted by atomic mass is 9.73. The van der Waals surface area contributed by atoms with Crippen molar-refractivity contribution in [2.24, 2.45) is 5.41 Å². The molecule has 10 heteroatoms. The number of pyridine rings is 1. The van der Waals surface area contributed by atoms with E-state index in [2.05, 4.69) is 35.6 Å². The molecule has 9 nitrogen and oxygen atoms in total. The highest BCUT2D eigenvalue weighted by atomic mass is 35.5. The second kappa shape index (κ2) is 9.20. The Balaban J connectivity index is 1.34. The minimum atomic E-state index is -0.832. The van der Waals surface area contributed by atoms with Crippen LogP contribution in [0.25, 0.3) is 28.0 Å². The molecule has 0 spiro atoms. The Morgan fingerprint density at radius 2 is 2.00 bits per heavy atom. The number of amides is 1. The first-order valence-electron chi connectivity index (χ1n) is 13.0. The zero-order valence-electron chi connectivity index (χ0n) is 22.4. The van der Waals surface area contributed by atoms with E-state index >= 15 is 0 Å². The van der Waals surface area contributed by atoms with E-state index in [1.165, 1.54) is 0 Å². The SMILES string of the molecule is COc1cc(-c2cnccc2-c2cc3nccc(CN4C[C@@]5(C(C)(C)C)C[C@H]4CN5C(=O)O)n3n2)ccc1Cl. The van der Waals surface area contributed by atoms with E-state index in [0.717, 1.165) is 40.1 Å². The number of aromatic nitrogens is 4. The molecule has 0 unspecified atom stereocenters. The summed E-state index contributed by atoms with van der Waals surface area (Å²) in [5.74, 6) is 0.595. The molecule has 1 amide bonds. The molecule has 2 atom stereocenters. The Kier molecular flexibility index (Phi) is 6.04. The van der Waals surface area contributed by atoms with Crippen LogP contribution in [0.5, 0.6) is 5.75 Å². The lowest BCUT2D eigenvalue weighted by Gasteiger charge is -2.48. The van der Waals surface area contributed by atoms with Gasteiger partial charge in [0.15, 0.2) is 5.65 Å². The van der Waals surface area contributed by atoms with Crippen LogP contribution in [-0.4, -0.2) is 72.4 Å². The summed E-state index contributed by atoms with van der Waals surface area (Å²) in [5.41, 5.74) is 4.72. The van der Waals surface area contributed by atoms with Gasteiger partial charge in [0.1, 0.15) is 5.75 Å². The highest BCUT2D eigenvalue weighted by Gasteiger charge is 2.61. The highest BCUT2D eigenvalue weighted by molar-refractivity contribution is 6.32. The van der Waals surface area contributed by atoms with Gasteiger partial charge >= 0.3 is 6.09 Å². The first-order chi connectivity index (χ1) is 18.6. The Bertz CT molecular complexity index is 1580. The second-order valence-corrected chi connectivity index (χ2v) is 11.9. The van der Waals surface area contributed by atoms with E-state index in [-0.39, 0.29) is 11.5 Å². The van der Waals surface area contributed by atoms with Gasteiger partial charge in [0.2, 0.25) is 0 Å². The number of hydrogen-bond acceptors (Lipinski definition) is 6. The third-order valence-corrected chi connectivity index (χ3v) is 8.76. The van der Waals surface area contributed by atoms with Gasteiger partial charge in [-0.3, -0.25) is 14.8 Å². The minimum absolute atomic E-state index is 0.172. The molecule has 202 valence electrons. The molecule has 2 aliphatic heterocycles. The highest BCUT2D eigenvalue weighted by Crippen LogP contribution is 2.50. The van der Waals surface area contributed by atoms with Crippen molar-refractivity contribution in [3.63, 3.8) is 0 Å². The molecule has 0 saturated carbocycles. The average Bonchev–Trinajstić information content (AvgIpc) is 3.62. The smallest absolute Gasteiger partial charge is 0.407 e. The van der Waals surface area contributed by atoms with Gasteiger partial charge in [0.25, 0.3) is 0 Å². The predicted molar refractivity (Wildman–Crippen MR) is 149 cm³/mol. The van der Waals surface area contributed by atoms with E-state index < -0.39 is 11.6 Å². The lowest BCUT2D eigenvalue weighted by molar-refractivity contribution is 0.000518. The Morgan fingerprint density at radius 3 is 2.74 bits per heavy atom. The summed E-state index contributed by atoms with van der Waals surface area (Å²) in [7, 11) is 1.60. The summed E-state index contributed by atoms with van der Waals surface area (Å²) in [6.45, 7) is 8.30. The van der Waals surface area contributed by atoms with Crippen LogP contribution in [0.1, 0.15) is 32.9 Å². The van der Waals surface area contributed by atoms with Crippen LogP contribution in [0.3, 0.4) is 0 Å². The summed E-state index contributed by atoms with van der Waals surface area (Å²) in [6.07, 6.45) is 5.39. The molecule has 2 fully saturated rings. The molecule has 0 radical (unpaired) electrons. The molecular formula is C29H31ClN6O3. The average molecular weight is 547 g/mol. The maximum Gasteiger partial charge on any atom is 0.407 e. The maximum atomic E-state index is 12.1. The van der Waals surface area contributed by atoms with Gasteiger partial charge < -0.3 is 9.84 Å². The largest absolute Gasteiger partial charge is 0.495 e. The fourth-order valence-corrected chi connectivity index (χ4v) is 6.48. The quantitative estimate of drug-likeness (QED) is 0.354. The molecular weight excluding hydrogens is 516 g/mol. The van der Waals surface area contributed by atoms with Crippen molar-refractivity contribution in [3.8, 4) is 28.1 Å². The van der Waals surface area contributed by atoms with Gasteiger partial charge in [-0.2, -0.15) is 5.10 Å². The third kappa shape index (κ3) is 4.11. The van der Waals surface area contributed by atoms with Crippen LogP contribution in [-0.2, 0) is 6.54 Å². The summed E-state index contributed by atoms with van der Waals surface area (Å²) in [6, 6.07) is 11.8. The van der Waals surface area contributed by atoms with Crippen LogP contribution in [0.4, 0.5) is 4.79 Å².